The number of aldehydes is 1. The molecule has 1 aliphatic rings. The quantitative estimate of drug-likeness (QED) is 0.342. The Bertz CT molecular complexity index is 1060. The first-order valence-electron chi connectivity index (χ1n) is 11.3. The summed E-state index contributed by atoms with van der Waals surface area (Å²) in [6, 6.07) is 10.2. The van der Waals surface area contributed by atoms with Gasteiger partial charge >= 0.3 is 5.97 Å². The third kappa shape index (κ3) is 6.29. The van der Waals surface area contributed by atoms with Crippen LogP contribution in [0, 0.1) is 5.92 Å². The van der Waals surface area contributed by atoms with Crippen molar-refractivity contribution in [2.24, 2.45) is 11.7 Å². The van der Waals surface area contributed by atoms with E-state index in [1.165, 1.54) is 6.07 Å². The Morgan fingerprint density at radius 1 is 1.15 bits per heavy atom. The minimum atomic E-state index is -1.02. The summed E-state index contributed by atoms with van der Waals surface area (Å²) in [6.07, 6.45) is 1.74. The van der Waals surface area contributed by atoms with Crippen LogP contribution in [-0.2, 0) is 16.0 Å². The molecule has 0 aliphatic carbocycles. The van der Waals surface area contributed by atoms with Gasteiger partial charge in [-0.1, -0.05) is 38.1 Å². The molecular formula is C26H30N2O6. The highest BCUT2D eigenvalue weighted by Crippen LogP contribution is 2.37. The lowest BCUT2D eigenvalue weighted by Gasteiger charge is -2.18. The SMILES string of the molecule is CC(C)C[C@@H](C=O)NC(=O)[C@@H](N)Cc1ccc(C(=O)CC2COc3ccc(C(=O)O)cc32)cc1. The second kappa shape index (κ2) is 11.1. The largest absolute Gasteiger partial charge is 0.493 e. The van der Waals surface area contributed by atoms with Crippen molar-refractivity contribution in [1.29, 1.82) is 0 Å². The van der Waals surface area contributed by atoms with Gasteiger partial charge in [-0.2, -0.15) is 0 Å². The molecule has 0 saturated carbocycles. The maximum Gasteiger partial charge on any atom is 0.335 e. The Hall–Kier alpha value is -3.52. The number of ether oxygens (including phenoxy) is 1. The van der Waals surface area contributed by atoms with Crippen molar-refractivity contribution in [2.45, 2.75) is 51.1 Å². The number of fused-ring (bicyclic) bond motifs is 1. The maximum absolute atomic E-state index is 12.8. The number of carboxylic acid groups (broad SMARTS) is 1. The lowest BCUT2D eigenvalue weighted by molar-refractivity contribution is -0.125. The summed E-state index contributed by atoms with van der Waals surface area (Å²) in [5, 5.41) is 11.9. The zero-order valence-electron chi connectivity index (χ0n) is 19.3. The number of hydrogen-bond acceptors (Lipinski definition) is 6. The van der Waals surface area contributed by atoms with E-state index in [9.17, 15) is 24.3 Å². The molecule has 0 spiro atoms. The summed E-state index contributed by atoms with van der Waals surface area (Å²) in [6.45, 7) is 4.26. The van der Waals surface area contributed by atoms with Crippen molar-refractivity contribution in [3.8, 4) is 5.75 Å². The van der Waals surface area contributed by atoms with Gasteiger partial charge in [0.2, 0.25) is 5.91 Å². The van der Waals surface area contributed by atoms with Gasteiger partial charge in [-0.15, -0.1) is 0 Å². The highest BCUT2D eigenvalue weighted by atomic mass is 16.5. The minimum Gasteiger partial charge on any atom is -0.493 e. The van der Waals surface area contributed by atoms with Crippen LogP contribution in [0.2, 0.25) is 0 Å². The van der Waals surface area contributed by atoms with E-state index in [1.807, 2.05) is 13.8 Å². The van der Waals surface area contributed by atoms with Gasteiger partial charge in [-0.05, 0) is 42.5 Å². The predicted molar refractivity (Wildman–Crippen MR) is 126 cm³/mol. The van der Waals surface area contributed by atoms with Gasteiger partial charge < -0.3 is 25.7 Å². The van der Waals surface area contributed by atoms with Crippen LogP contribution < -0.4 is 15.8 Å². The molecule has 1 aliphatic heterocycles. The number of carbonyl (C=O) groups is 4. The van der Waals surface area contributed by atoms with Crippen LogP contribution in [0.4, 0.5) is 0 Å². The molecule has 34 heavy (non-hydrogen) atoms. The number of ketones is 1. The Morgan fingerprint density at radius 3 is 2.44 bits per heavy atom. The number of nitrogens with two attached hydrogens (primary N) is 1. The molecule has 1 unspecified atom stereocenters. The molecule has 0 aromatic heterocycles. The molecule has 1 amide bonds. The van der Waals surface area contributed by atoms with E-state index in [0.29, 0.717) is 24.3 Å². The van der Waals surface area contributed by atoms with Crippen LogP contribution >= 0.6 is 0 Å². The first kappa shape index (κ1) is 25.1. The van der Waals surface area contributed by atoms with E-state index < -0.39 is 24.0 Å². The van der Waals surface area contributed by atoms with Crippen molar-refractivity contribution in [2.75, 3.05) is 6.61 Å². The molecule has 3 rings (SSSR count). The number of nitrogens with one attached hydrogen (secondary N) is 1. The monoisotopic (exact) mass is 466 g/mol. The highest BCUT2D eigenvalue weighted by molar-refractivity contribution is 5.97. The fourth-order valence-electron chi connectivity index (χ4n) is 4.04. The van der Waals surface area contributed by atoms with Gasteiger partial charge in [-0.3, -0.25) is 9.59 Å². The van der Waals surface area contributed by atoms with Crippen LogP contribution in [0.25, 0.3) is 0 Å². The summed E-state index contributed by atoms with van der Waals surface area (Å²) in [5.41, 5.74) is 8.22. The van der Waals surface area contributed by atoms with Gasteiger partial charge in [-0.25, -0.2) is 4.79 Å². The summed E-state index contributed by atoms with van der Waals surface area (Å²) < 4.78 is 5.61. The van der Waals surface area contributed by atoms with Crippen molar-refractivity contribution in [1.82, 2.24) is 5.32 Å². The van der Waals surface area contributed by atoms with Gasteiger partial charge in [0.25, 0.3) is 0 Å². The van der Waals surface area contributed by atoms with E-state index in [1.54, 1.807) is 36.4 Å². The van der Waals surface area contributed by atoms with Crippen LogP contribution in [0.5, 0.6) is 5.75 Å². The molecule has 1 heterocycles. The first-order valence-corrected chi connectivity index (χ1v) is 11.3. The number of carbonyl (C=O) groups excluding carboxylic acids is 3. The fourth-order valence-corrected chi connectivity index (χ4v) is 4.04. The van der Waals surface area contributed by atoms with Gasteiger partial charge in [0.15, 0.2) is 5.78 Å². The van der Waals surface area contributed by atoms with Crippen molar-refractivity contribution in [3.63, 3.8) is 0 Å². The number of aromatic carboxylic acids is 1. The summed E-state index contributed by atoms with van der Waals surface area (Å²) >= 11 is 0. The van der Waals surface area contributed by atoms with E-state index in [2.05, 4.69) is 5.32 Å². The normalized spacial score (nSPS) is 16.3. The van der Waals surface area contributed by atoms with Gasteiger partial charge in [0, 0.05) is 23.5 Å². The highest BCUT2D eigenvalue weighted by Gasteiger charge is 2.28. The third-order valence-corrected chi connectivity index (χ3v) is 5.85. The molecule has 0 fully saturated rings. The smallest absolute Gasteiger partial charge is 0.335 e. The van der Waals surface area contributed by atoms with E-state index in [0.717, 1.165) is 17.4 Å². The Labute approximate surface area is 198 Å². The molecule has 2 aromatic carbocycles. The second-order valence-corrected chi connectivity index (χ2v) is 9.08. The Kier molecular flexibility index (Phi) is 8.17. The molecule has 0 radical (unpaired) electrons. The second-order valence-electron chi connectivity index (χ2n) is 9.08. The minimum absolute atomic E-state index is 0.0849. The number of amides is 1. The third-order valence-electron chi connectivity index (χ3n) is 5.85. The molecule has 8 heteroatoms. The van der Waals surface area contributed by atoms with Crippen LogP contribution in [0.1, 0.15) is 64.4 Å². The number of benzene rings is 2. The summed E-state index contributed by atoms with van der Waals surface area (Å²) in [7, 11) is 0. The number of carboxylic acids is 1. The predicted octanol–water partition coefficient (Wildman–Crippen LogP) is 2.73. The van der Waals surface area contributed by atoms with Crippen molar-refractivity contribution in [3.05, 3.63) is 64.7 Å². The standard InChI is InChI=1S/C26H30N2O6/c1-15(2)9-20(13-29)28-25(31)22(27)10-16-3-5-17(6-4-16)23(30)12-19-14-34-24-8-7-18(26(32)33)11-21(19)24/h3-8,11,13,15,19-20,22H,9-10,12,14,27H2,1-2H3,(H,28,31)(H,32,33)/t19?,20-,22-/m0/s1. The summed E-state index contributed by atoms with van der Waals surface area (Å²) in [5.74, 6) is -0.841. The van der Waals surface area contributed by atoms with Crippen molar-refractivity contribution < 1.29 is 29.0 Å². The average molecular weight is 467 g/mol. The maximum atomic E-state index is 12.8. The zero-order chi connectivity index (χ0) is 24.8. The number of rotatable bonds is 11. The van der Waals surface area contributed by atoms with E-state index in [4.69, 9.17) is 10.5 Å². The number of Topliss-reactive ketones (excluding diaryl/α,β-unsaturated/α-hetero) is 1. The average Bonchev–Trinajstić information content (AvgIpc) is 3.20. The molecule has 0 bridgehead atoms. The number of hydrogen-bond donors (Lipinski definition) is 3. The molecule has 4 N–H and O–H groups in total. The van der Waals surface area contributed by atoms with E-state index >= 15 is 0 Å². The Morgan fingerprint density at radius 2 is 1.82 bits per heavy atom. The first-order chi connectivity index (χ1) is 16.2. The molecule has 8 nitrogen and oxygen atoms in total. The summed E-state index contributed by atoms with van der Waals surface area (Å²) in [4.78, 5) is 47.6. The zero-order valence-corrected chi connectivity index (χ0v) is 19.3. The van der Waals surface area contributed by atoms with Crippen LogP contribution in [0.15, 0.2) is 42.5 Å². The molecule has 3 atom stereocenters. The van der Waals surface area contributed by atoms with Crippen molar-refractivity contribution >= 4 is 23.9 Å². The van der Waals surface area contributed by atoms with Crippen LogP contribution in [0.3, 0.4) is 0 Å². The van der Waals surface area contributed by atoms with E-state index in [-0.39, 0.29) is 36.0 Å². The van der Waals surface area contributed by atoms with Crippen LogP contribution in [-0.4, -0.2) is 47.7 Å². The lowest BCUT2D eigenvalue weighted by Crippen LogP contribution is -2.47. The molecular weight excluding hydrogens is 436 g/mol. The fraction of sp³-hybridized carbons (Fsp3) is 0.385. The topological polar surface area (TPSA) is 136 Å². The van der Waals surface area contributed by atoms with Gasteiger partial charge in [0.1, 0.15) is 12.0 Å². The molecule has 0 saturated heterocycles. The lowest BCUT2D eigenvalue weighted by atomic mass is 9.91. The Balaban J connectivity index is 1.58. The molecule has 2 aromatic rings. The van der Waals surface area contributed by atoms with Gasteiger partial charge in [0.05, 0.1) is 24.3 Å². The molecule has 180 valence electrons.